The van der Waals surface area contributed by atoms with Gasteiger partial charge in [0.25, 0.3) is 0 Å². The quantitative estimate of drug-likeness (QED) is 0.815. The molecule has 0 aliphatic rings. The summed E-state index contributed by atoms with van der Waals surface area (Å²) in [4.78, 5) is 0. The Bertz CT molecular complexity index is 319. The Morgan fingerprint density at radius 1 is 1.13 bits per heavy atom. The first kappa shape index (κ1) is 12.0. The monoisotopic (exact) mass is 220 g/mol. The second kappa shape index (κ2) is 4.63. The maximum atomic E-state index is 12.3. The molecule has 0 atom stereocenters. The Morgan fingerprint density at radius 3 is 2.20 bits per heavy atom. The number of hydrogen-bond acceptors (Lipinski definition) is 2. The summed E-state index contributed by atoms with van der Waals surface area (Å²) in [7, 11) is 0. The van der Waals surface area contributed by atoms with Crippen LogP contribution in [0.4, 0.5) is 13.2 Å². The maximum absolute atomic E-state index is 12.3. The zero-order valence-corrected chi connectivity index (χ0v) is 7.83. The molecule has 0 saturated heterocycles. The van der Waals surface area contributed by atoms with E-state index in [4.69, 9.17) is 10.2 Å². The summed E-state index contributed by atoms with van der Waals surface area (Å²) in [5, 5.41) is 17.7. The largest absolute Gasteiger partial charge is 0.416 e. The molecule has 0 heterocycles. The van der Waals surface area contributed by atoms with E-state index in [0.29, 0.717) is 0 Å². The minimum absolute atomic E-state index is 0.287. The second-order valence-corrected chi connectivity index (χ2v) is 3.19. The van der Waals surface area contributed by atoms with E-state index in [1.54, 1.807) is 0 Å². The third-order valence-corrected chi connectivity index (χ3v) is 2.13. The number of rotatable bonds is 3. The van der Waals surface area contributed by atoms with Crippen LogP contribution in [0.1, 0.15) is 17.0 Å². The van der Waals surface area contributed by atoms with E-state index in [0.717, 1.165) is 12.1 Å². The molecule has 1 aromatic rings. The van der Waals surface area contributed by atoms with E-state index in [1.807, 2.05) is 0 Å². The highest BCUT2D eigenvalue weighted by molar-refractivity contribution is 5.28. The van der Waals surface area contributed by atoms with Crippen molar-refractivity contribution in [3.63, 3.8) is 0 Å². The van der Waals surface area contributed by atoms with Crippen LogP contribution in [0.25, 0.3) is 0 Å². The number of aliphatic hydroxyl groups is 2. The predicted molar refractivity (Wildman–Crippen MR) is 48.4 cm³/mol. The van der Waals surface area contributed by atoms with Gasteiger partial charge in [-0.25, -0.2) is 0 Å². The average Bonchev–Trinajstić information content (AvgIpc) is 2.19. The van der Waals surface area contributed by atoms with Crippen molar-refractivity contribution in [2.45, 2.75) is 12.1 Å². The molecule has 0 bridgehead atoms. The Morgan fingerprint density at radius 2 is 1.73 bits per heavy atom. The highest BCUT2D eigenvalue weighted by Crippen LogP contribution is 2.30. The Labute approximate surface area is 85.0 Å². The van der Waals surface area contributed by atoms with Gasteiger partial charge < -0.3 is 10.2 Å². The standard InChI is InChI=1S/C10H11F3O2/c11-10(12,13)9-3-1-2-7(4-9)8(5-14)6-15/h1-4,8,14-15H,5-6H2. The van der Waals surface area contributed by atoms with E-state index >= 15 is 0 Å². The van der Waals surface area contributed by atoms with Crippen molar-refractivity contribution >= 4 is 0 Å². The highest BCUT2D eigenvalue weighted by atomic mass is 19.4. The van der Waals surface area contributed by atoms with Gasteiger partial charge in [0.2, 0.25) is 0 Å². The van der Waals surface area contributed by atoms with Crippen LogP contribution in [0.15, 0.2) is 24.3 Å². The van der Waals surface area contributed by atoms with Crippen molar-refractivity contribution in [2.75, 3.05) is 13.2 Å². The summed E-state index contributed by atoms with van der Waals surface area (Å²) < 4.78 is 36.9. The van der Waals surface area contributed by atoms with E-state index < -0.39 is 17.7 Å². The van der Waals surface area contributed by atoms with Gasteiger partial charge in [-0.15, -0.1) is 0 Å². The van der Waals surface area contributed by atoms with E-state index in [9.17, 15) is 13.2 Å². The molecule has 84 valence electrons. The number of halogens is 3. The molecule has 0 unspecified atom stereocenters. The van der Waals surface area contributed by atoms with Crippen molar-refractivity contribution in [2.24, 2.45) is 0 Å². The SMILES string of the molecule is OCC(CO)c1cccc(C(F)(F)F)c1. The normalized spacial score (nSPS) is 12.1. The van der Waals surface area contributed by atoms with Gasteiger partial charge in [-0.1, -0.05) is 18.2 Å². The maximum Gasteiger partial charge on any atom is 0.416 e. The first-order valence-corrected chi connectivity index (χ1v) is 4.38. The topological polar surface area (TPSA) is 40.5 Å². The molecule has 0 aromatic heterocycles. The van der Waals surface area contributed by atoms with Crippen molar-refractivity contribution in [1.82, 2.24) is 0 Å². The lowest BCUT2D eigenvalue weighted by molar-refractivity contribution is -0.137. The Balaban J connectivity index is 3.02. The van der Waals surface area contributed by atoms with Gasteiger partial charge in [-0.2, -0.15) is 13.2 Å². The van der Waals surface area contributed by atoms with Crippen LogP contribution in [0, 0.1) is 0 Å². The fraction of sp³-hybridized carbons (Fsp3) is 0.400. The molecule has 1 aromatic carbocycles. The number of alkyl halides is 3. The lowest BCUT2D eigenvalue weighted by atomic mass is 9.99. The molecule has 1 rings (SSSR count). The molecule has 0 aliphatic carbocycles. The average molecular weight is 220 g/mol. The first-order valence-electron chi connectivity index (χ1n) is 4.38. The number of aliphatic hydroxyl groups excluding tert-OH is 2. The van der Waals surface area contributed by atoms with Crippen LogP contribution >= 0.6 is 0 Å². The molecular formula is C10H11F3O2. The fourth-order valence-corrected chi connectivity index (χ4v) is 1.24. The van der Waals surface area contributed by atoms with Gasteiger partial charge in [-0.05, 0) is 11.6 Å². The molecule has 0 radical (unpaired) electrons. The molecule has 2 nitrogen and oxygen atoms in total. The molecule has 0 spiro atoms. The molecule has 0 aliphatic heterocycles. The zero-order chi connectivity index (χ0) is 11.5. The van der Waals surface area contributed by atoms with E-state index in [1.165, 1.54) is 12.1 Å². The van der Waals surface area contributed by atoms with Crippen LogP contribution < -0.4 is 0 Å². The molecule has 5 heteroatoms. The predicted octanol–water partition coefficient (Wildman–Crippen LogP) is 1.77. The van der Waals surface area contributed by atoms with E-state index in [2.05, 4.69) is 0 Å². The summed E-state index contributed by atoms with van der Waals surface area (Å²) in [5.74, 6) is -0.660. The van der Waals surface area contributed by atoms with Gasteiger partial charge in [0.1, 0.15) is 0 Å². The van der Waals surface area contributed by atoms with Crippen molar-refractivity contribution in [3.8, 4) is 0 Å². The van der Waals surface area contributed by atoms with Gasteiger partial charge in [0.15, 0.2) is 0 Å². The third kappa shape index (κ3) is 2.94. The molecule has 0 amide bonds. The third-order valence-electron chi connectivity index (χ3n) is 2.13. The van der Waals surface area contributed by atoms with Gasteiger partial charge in [0, 0.05) is 5.92 Å². The zero-order valence-electron chi connectivity index (χ0n) is 7.83. The molecule has 2 N–H and O–H groups in total. The lowest BCUT2D eigenvalue weighted by Crippen LogP contribution is -2.11. The highest BCUT2D eigenvalue weighted by Gasteiger charge is 2.30. The second-order valence-electron chi connectivity index (χ2n) is 3.19. The van der Waals surface area contributed by atoms with Crippen molar-refractivity contribution < 1.29 is 23.4 Å². The molecule has 15 heavy (non-hydrogen) atoms. The number of benzene rings is 1. The van der Waals surface area contributed by atoms with Crippen LogP contribution in [-0.4, -0.2) is 23.4 Å². The van der Waals surface area contributed by atoms with Gasteiger partial charge in [-0.3, -0.25) is 0 Å². The fourth-order valence-electron chi connectivity index (χ4n) is 1.24. The summed E-state index contributed by atoms with van der Waals surface area (Å²) in [5.41, 5.74) is -0.485. The molecule has 0 fully saturated rings. The van der Waals surface area contributed by atoms with Crippen LogP contribution in [0.3, 0.4) is 0 Å². The minimum atomic E-state index is -4.40. The Kier molecular flexibility index (Phi) is 3.71. The summed E-state index contributed by atoms with van der Waals surface area (Å²) in [6.45, 7) is -0.754. The van der Waals surface area contributed by atoms with Gasteiger partial charge >= 0.3 is 6.18 Å². The first-order chi connectivity index (χ1) is 6.99. The lowest BCUT2D eigenvalue weighted by Gasteiger charge is -2.13. The van der Waals surface area contributed by atoms with Crippen LogP contribution in [0.5, 0.6) is 0 Å². The van der Waals surface area contributed by atoms with Gasteiger partial charge in [0.05, 0.1) is 18.8 Å². The smallest absolute Gasteiger partial charge is 0.396 e. The minimum Gasteiger partial charge on any atom is -0.396 e. The van der Waals surface area contributed by atoms with Crippen LogP contribution in [-0.2, 0) is 6.18 Å². The summed E-state index contributed by atoms with van der Waals surface area (Å²) in [6, 6.07) is 4.61. The van der Waals surface area contributed by atoms with Crippen molar-refractivity contribution in [3.05, 3.63) is 35.4 Å². The number of hydrogen-bond donors (Lipinski definition) is 2. The molecular weight excluding hydrogens is 209 g/mol. The van der Waals surface area contributed by atoms with E-state index in [-0.39, 0.29) is 18.8 Å². The summed E-state index contributed by atoms with van der Waals surface area (Å²) in [6.07, 6.45) is -4.40. The summed E-state index contributed by atoms with van der Waals surface area (Å²) >= 11 is 0. The molecule has 0 saturated carbocycles. The van der Waals surface area contributed by atoms with Crippen LogP contribution in [0.2, 0.25) is 0 Å². The van der Waals surface area contributed by atoms with Crippen molar-refractivity contribution in [1.29, 1.82) is 0 Å². The Hall–Kier alpha value is -1.07.